The van der Waals surface area contributed by atoms with Crippen molar-refractivity contribution in [2.24, 2.45) is 0 Å². The van der Waals surface area contributed by atoms with Gasteiger partial charge in [0.2, 0.25) is 5.89 Å². The number of imidazole rings is 1. The molecule has 75 heavy (non-hydrogen) atoms. The second-order valence-corrected chi connectivity index (χ2v) is 20.2. The van der Waals surface area contributed by atoms with E-state index in [-0.39, 0.29) is 17.3 Å². The van der Waals surface area contributed by atoms with Crippen molar-refractivity contribution in [2.75, 3.05) is 0 Å². The van der Waals surface area contributed by atoms with Crippen LogP contribution in [-0.2, 0) is 0 Å². The molecule has 0 atom stereocenters. The Hall–Kier alpha value is -7.44. The molecule has 0 aliphatic carbocycles. The monoisotopic (exact) mass is 1120 g/mol. The average Bonchev–Trinajstić information content (AvgIpc) is 4.21. The molecule has 0 spiro atoms. The van der Waals surface area contributed by atoms with Gasteiger partial charge < -0.3 is 9.40 Å². The molecule has 0 aliphatic rings. The van der Waals surface area contributed by atoms with Crippen LogP contribution in [-0.4, -0.2) is 37.3 Å². The zero-order valence-corrected chi connectivity index (χ0v) is 44.1. The van der Waals surface area contributed by atoms with Gasteiger partial charge in [-0.3, -0.25) is 14.4 Å². The highest BCUT2D eigenvalue weighted by Gasteiger charge is 2.18. The van der Waals surface area contributed by atoms with E-state index < -0.39 is 0 Å². The Balaban J connectivity index is 0.000000128. The molecule has 3 aromatic heterocycles. The summed E-state index contributed by atoms with van der Waals surface area (Å²) in [6.45, 7) is 0. The molecule has 0 aliphatic heterocycles. The Morgan fingerprint density at radius 2 is 0.853 bits per heavy atom. The van der Waals surface area contributed by atoms with E-state index in [1.54, 1.807) is 114 Å². The normalized spacial score (nSPS) is 11.0. The number of aromatic nitrogens is 4. The second kappa shape index (κ2) is 22.6. The molecule has 366 valence electrons. The van der Waals surface area contributed by atoms with E-state index in [9.17, 15) is 14.4 Å². The molecule has 8 nitrogen and oxygen atoms in total. The van der Waals surface area contributed by atoms with Gasteiger partial charge in [-0.15, -0.1) is 11.3 Å². The van der Waals surface area contributed by atoms with Gasteiger partial charge in [-0.2, -0.15) is 0 Å². The second-order valence-electron chi connectivity index (χ2n) is 16.7. The van der Waals surface area contributed by atoms with Crippen molar-refractivity contribution >= 4 is 131 Å². The summed E-state index contributed by atoms with van der Waals surface area (Å²) < 4.78 is 6.88. The molecule has 1 N–H and O–H groups in total. The smallest absolute Gasteiger partial charge is 0.227 e. The van der Waals surface area contributed by atoms with E-state index >= 15 is 0 Å². The lowest BCUT2D eigenvalue weighted by Gasteiger charge is -2.05. The number of ketones is 3. The Bertz CT molecular complexity index is 3580. The van der Waals surface area contributed by atoms with Crippen LogP contribution in [0.25, 0.3) is 65.8 Å². The van der Waals surface area contributed by atoms with Gasteiger partial charge in [0.25, 0.3) is 0 Å². The summed E-state index contributed by atoms with van der Waals surface area (Å²) in [5.74, 6) is 0.783. The SMILES string of the molecule is O=C(c1ccc(-c2nc3ccccc3[nH]2)cc1)c1cc(Cl)ccc1Cl.O=C(c1ccc(-c2nc3ccccc3o2)cc1)c1cc(Cl)ccc1Cl.O=C(c1ccc(-c2nc3ccccc3s2)cc1)c1cc(Cl)ccc1Cl. The fourth-order valence-corrected chi connectivity index (χ4v) is 9.97. The number of carbonyl (C=O) groups is 3. The summed E-state index contributed by atoms with van der Waals surface area (Å²) >= 11 is 37.9. The number of H-pyrrole nitrogens is 1. The van der Waals surface area contributed by atoms with Crippen LogP contribution >= 0.6 is 80.9 Å². The number of hydrogen-bond donors (Lipinski definition) is 1. The van der Waals surface area contributed by atoms with Crippen molar-refractivity contribution in [3.05, 3.63) is 264 Å². The van der Waals surface area contributed by atoms with Gasteiger partial charge in [0.05, 0.1) is 36.3 Å². The minimum absolute atomic E-state index is 0.150. The molecular weight excluding hydrogens is 1090 g/mol. The highest BCUT2D eigenvalue weighted by molar-refractivity contribution is 7.21. The van der Waals surface area contributed by atoms with Crippen molar-refractivity contribution in [3.8, 4) is 33.4 Å². The van der Waals surface area contributed by atoms with Crippen LogP contribution in [0.1, 0.15) is 47.8 Å². The molecule has 0 unspecified atom stereocenters. The Morgan fingerprint density at radius 3 is 1.35 bits per heavy atom. The van der Waals surface area contributed by atoms with Gasteiger partial charge in [-0.05, 0) is 103 Å². The summed E-state index contributed by atoms with van der Waals surface area (Å²) in [7, 11) is 0. The molecule has 0 saturated carbocycles. The lowest BCUT2D eigenvalue weighted by molar-refractivity contribution is 0.103. The van der Waals surface area contributed by atoms with E-state index in [4.69, 9.17) is 74.0 Å². The predicted molar refractivity (Wildman–Crippen MR) is 306 cm³/mol. The number of halogens is 6. The molecule has 9 aromatic carbocycles. The Labute approximate surface area is 463 Å². The average molecular weight is 1120 g/mol. The predicted octanol–water partition coefficient (Wildman–Crippen LogP) is 18.3. The lowest BCUT2D eigenvalue weighted by atomic mass is 10.0. The summed E-state index contributed by atoms with van der Waals surface area (Å²) in [6, 6.07) is 59.7. The van der Waals surface area contributed by atoms with Crippen LogP contribution in [0, 0.1) is 0 Å². The number of oxazole rings is 1. The molecule has 0 radical (unpaired) electrons. The number of rotatable bonds is 9. The number of nitrogens with zero attached hydrogens (tertiary/aromatic N) is 3. The topological polar surface area (TPSA) is 119 Å². The third-order valence-corrected chi connectivity index (χ3v) is 14.5. The molecule has 0 saturated heterocycles. The van der Waals surface area contributed by atoms with Crippen LogP contribution < -0.4 is 0 Å². The van der Waals surface area contributed by atoms with Crippen LogP contribution in [0.2, 0.25) is 30.1 Å². The highest BCUT2D eigenvalue weighted by Crippen LogP contribution is 2.32. The number of para-hydroxylation sites is 5. The van der Waals surface area contributed by atoms with Gasteiger partial charge in [0.15, 0.2) is 22.9 Å². The third kappa shape index (κ3) is 11.6. The minimum atomic E-state index is -0.184. The summed E-state index contributed by atoms with van der Waals surface area (Å²) in [5.41, 5.74) is 9.87. The molecule has 0 amide bonds. The van der Waals surface area contributed by atoms with E-state index in [1.165, 1.54) is 0 Å². The molecule has 0 fully saturated rings. The van der Waals surface area contributed by atoms with Crippen LogP contribution in [0.3, 0.4) is 0 Å². The van der Waals surface area contributed by atoms with E-state index in [1.807, 2.05) is 91.0 Å². The van der Waals surface area contributed by atoms with Crippen molar-refractivity contribution in [2.45, 2.75) is 0 Å². The Kier molecular flexibility index (Phi) is 15.4. The van der Waals surface area contributed by atoms with E-state index in [0.29, 0.717) is 69.4 Å². The largest absolute Gasteiger partial charge is 0.436 e. The lowest BCUT2D eigenvalue weighted by Crippen LogP contribution is -2.02. The van der Waals surface area contributed by atoms with Gasteiger partial charge >= 0.3 is 0 Å². The molecular formula is C60H34Cl6N4O4S. The first kappa shape index (κ1) is 51.1. The number of aromatic amines is 1. The van der Waals surface area contributed by atoms with Crippen molar-refractivity contribution in [1.82, 2.24) is 19.9 Å². The summed E-state index contributed by atoms with van der Waals surface area (Å²) in [5, 5.41) is 3.51. The number of hydrogen-bond acceptors (Lipinski definition) is 8. The quantitative estimate of drug-likeness (QED) is 0.143. The number of benzene rings is 9. The Morgan fingerprint density at radius 1 is 0.413 bits per heavy atom. The molecule has 12 aromatic rings. The first-order valence-corrected chi connectivity index (χ1v) is 25.9. The fourth-order valence-electron chi connectivity index (χ4n) is 7.87. The van der Waals surface area contributed by atoms with Gasteiger partial charge in [-0.25, -0.2) is 15.0 Å². The van der Waals surface area contributed by atoms with Crippen molar-refractivity contribution in [1.29, 1.82) is 0 Å². The number of nitrogens with one attached hydrogen (secondary N) is 1. The van der Waals surface area contributed by atoms with Gasteiger partial charge in [-0.1, -0.05) is 167 Å². The minimum Gasteiger partial charge on any atom is -0.436 e. The first-order chi connectivity index (χ1) is 36.3. The first-order valence-electron chi connectivity index (χ1n) is 22.8. The zero-order chi connectivity index (χ0) is 52.2. The van der Waals surface area contributed by atoms with Crippen molar-refractivity contribution in [3.63, 3.8) is 0 Å². The fraction of sp³-hybridized carbons (Fsp3) is 0. The van der Waals surface area contributed by atoms with Gasteiger partial charge in [0.1, 0.15) is 16.3 Å². The van der Waals surface area contributed by atoms with Crippen molar-refractivity contribution < 1.29 is 18.8 Å². The third-order valence-electron chi connectivity index (χ3n) is 11.7. The number of fused-ring (bicyclic) bond motifs is 3. The number of thiazole rings is 1. The van der Waals surface area contributed by atoms with Gasteiger partial charge in [0, 0.05) is 65.1 Å². The molecule has 3 heterocycles. The van der Waals surface area contributed by atoms with E-state index in [0.717, 1.165) is 59.9 Å². The maximum absolute atomic E-state index is 12.7. The molecule has 0 bridgehead atoms. The van der Waals surface area contributed by atoms with Crippen LogP contribution in [0.15, 0.2) is 205 Å². The summed E-state index contributed by atoms with van der Waals surface area (Å²) in [4.78, 5) is 54.8. The van der Waals surface area contributed by atoms with Crippen LogP contribution in [0.4, 0.5) is 0 Å². The zero-order valence-electron chi connectivity index (χ0n) is 38.7. The molecule has 12 rings (SSSR count). The maximum atomic E-state index is 12.7. The van der Waals surface area contributed by atoms with E-state index in [2.05, 4.69) is 26.0 Å². The maximum Gasteiger partial charge on any atom is 0.227 e. The standard InChI is InChI=1S/C20H12Cl2N2O.C20H11Cl2NO2.C20H11Cl2NOS/c21-14-9-10-16(22)15(11-14)19(25)12-5-7-13(8-6-12)20-23-17-3-1-2-4-18(17)24-20;2*21-14-9-10-16(22)15(11-14)19(24)12-5-7-13(8-6-12)20-23-17-3-1-2-4-18(17)25-20/h1-11H,(H,23,24);2*1-11H. The number of carbonyl (C=O) groups excluding carboxylic acids is 3. The van der Waals surface area contributed by atoms with Crippen LogP contribution in [0.5, 0.6) is 0 Å². The highest BCUT2D eigenvalue weighted by atomic mass is 35.5. The summed E-state index contributed by atoms with van der Waals surface area (Å²) in [6.07, 6.45) is 0. The molecule has 15 heteroatoms.